The van der Waals surface area contributed by atoms with E-state index in [0.29, 0.717) is 12.0 Å². The van der Waals surface area contributed by atoms with Crippen LogP contribution in [0.25, 0.3) is 21.9 Å². The predicted octanol–water partition coefficient (Wildman–Crippen LogP) is 6.90. The zero-order valence-electron chi connectivity index (χ0n) is 14.2. The van der Waals surface area contributed by atoms with Gasteiger partial charge in [-0.15, -0.1) is 0 Å². The lowest BCUT2D eigenvalue weighted by atomic mass is 9.98. The van der Waals surface area contributed by atoms with E-state index in [0.717, 1.165) is 27.5 Å². The van der Waals surface area contributed by atoms with E-state index in [2.05, 4.69) is 0 Å². The van der Waals surface area contributed by atoms with Crippen molar-refractivity contribution in [1.29, 1.82) is 0 Å². The number of benzene rings is 4. The third-order valence-corrected chi connectivity index (χ3v) is 4.68. The first kappa shape index (κ1) is 16.5. The number of hydrogen-bond acceptors (Lipinski definition) is 0. The van der Waals surface area contributed by atoms with E-state index in [-0.39, 0.29) is 5.82 Å². The van der Waals surface area contributed by atoms with Crippen LogP contribution in [0.3, 0.4) is 0 Å². The highest BCUT2D eigenvalue weighted by Crippen LogP contribution is 2.27. The molecule has 0 heterocycles. The van der Waals surface area contributed by atoms with E-state index in [1.54, 1.807) is 12.1 Å². The normalized spacial score (nSPS) is 12.2. The molecule has 0 aliphatic carbocycles. The van der Waals surface area contributed by atoms with E-state index in [4.69, 9.17) is 0 Å². The van der Waals surface area contributed by atoms with Crippen molar-refractivity contribution in [2.45, 2.75) is 12.6 Å². The lowest BCUT2D eigenvalue weighted by Gasteiger charge is -2.11. The van der Waals surface area contributed by atoms with Crippen molar-refractivity contribution in [3.63, 3.8) is 0 Å². The zero-order valence-corrected chi connectivity index (χ0v) is 14.2. The van der Waals surface area contributed by atoms with Crippen molar-refractivity contribution in [1.82, 2.24) is 0 Å². The molecule has 1 unspecified atom stereocenters. The molecule has 4 aromatic rings. The van der Waals surface area contributed by atoms with Crippen LogP contribution in [0, 0.1) is 5.82 Å². The van der Waals surface area contributed by atoms with Crippen LogP contribution in [0.5, 0.6) is 0 Å². The smallest absolute Gasteiger partial charge is 0.129 e. The van der Waals surface area contributed by atoms with Crippen molar-refractivity contribution in [2.24, 2.45) is 0 Å². The van der Waals surface area contributed by atoms with E-state index in [1.165, 1.54) is 12.1 Å². The average molecular weight is 344 g/mol. The number of halogens is 2. The summed E-state index contributed by atoms with van der Waals surface area (Å²) in [5.74, 6) is -0.249. The van der Waals surface area contributed by atoms with Gasteiger partial charge in [0.25, 0.3) is 0 Å². The number of rotatable bonds is 4. The summed E-state index contributed by atoms with van der Waals surface area (Å²) in [5, 5.41) is 2.17. The Balaban J connectivity index is 1.51. The third kappa shape index (κ3) is 3.50. The van der Waals surface area contributed by atoms with Crippen LogP contribution >= 0.6 is 0 Å². The lowest BCUT2D eigenvalue weighted by molar-refractivity contribution is 0.342. The summed E-state index contributed by atoms with van der Waals surface area (Å²) in [6.45, 7) is 0. The van der Waals surface area contributed by atoms with Crippen LogP contribution in [0.2, 0.25) is 0 Å². The van der Waals surface area contributed by atoms with Gasteiger partial charge in [-0.05, 0) is 51.2 Å². The van der Waals surface area contributed by atoms with Gasteiger partial charge in [-0.3, -0.25) is 0 Å². The molecule has 0 saturated heterocycles. The van der Waals surface area contributed by atoms with Gasteiger partial charge in [-0.1, -0.05) is 72.8 Å². The van der Waals surface area contributed by atoms with Gasteiger partial charge < -0.3 is 0 Å². The summed E-state index contributed by atoms with van der Waals surface area (Å²) < 4.78 is 27.8. The Morgan fingerprint density at radius 3 is 1.96 bits per heavy atom. The number of alkyl halides is 1. The molecule has 0 bridgehead atoms. The highest BCUT2D eigenvalue weighted by molar-refractivity contribution is 5.83. The molecule has 0 saturated carbocycles. The van der Waals surface area contributed by atoms with Crippen molar-refractivity contribution in [3.05, 3.63) is 108 Å². The molecule has 0 aliphatic rings. The van der Waals surface area contributed by atoms with Crippen LogP contribution in [0.4, 0.5) is 8.78 Å². The van der Waals surface area contributed by atoms with E-state index in [9.17, 15) is 8.78 Å². The van der Waals surface area contributed by atoms with Gasteiger partial charge in [-0.25, -0.2) is 8.78 Å². The Hall–Kier alpha value is -3.00. The summed E-state index contributed by atoms with van der Waals surface area (Å²) in [6, 6.07) is 27.9. The molecule has 4 rings (SSSR count). The summed E-state index contributed by atoms with van der Waals surface area (Å²) >= 11 is 0. The molecule has 4 aromatic carbocycles. The summed E-state index contributed by atoms with van der Waals surface area (Å²) in [5.41, 5.74) is 3.59. The van der Waals surface area contributed by atoms with Gasteiger partial charge >= 0.3 is 0 Å². The summed E-state index contributed by atoms with van der Waals surface area (Å²) in [4.78, 5) is 0. The fraction of sp³-hybridized carbons (Fsp3) is 0.0833. The SMILES string of the molecule is Fc1ccc(-c2ccc(CC(F)c3ccc4ccccc4c3)cc2)cc1. The third-order valence-electron chi connectivity index (χ3n) is 4.68. The van der Waals surface area contributed by atoms with Crippen LogP contribution < -0.4 is 0 Å². The van der Waals surface area contributed by atoms with Gasteiger partial charge in [0, 0.05) is 6.42 Å². The molecule has 1 atom stereocenters. The summed E-state index contributed by atoms with van der Waals surface area (Å²) in [6.07, 6.45) is -0.710. The minimum Gasteiger partial charge on any atom is -0.242 e. The maximum absolute atomic E-state index is 14.8. The van der Waals surface area contributed by atoms with Crippen molar-refractivity contribution in [2.75, 3.05) is 0 Å². The molecule has 128 valence electrons. The number of hydrogen-bond donors (Lipinski definition) is 0. The Morgan fingerprint density at radius 2 is 1.27 bits per heavy atom. The fourth-order valence-electron chi connectivity index (χ4n) is 3.20. The molecule has 0 amide bonds. The van der Waals surface area contributed by atoms with E-state index in [1.807, 2.05) is 66.7 Å². The topological polar surface area (TPSA) is 0 Å². The van der Waals surface area contributed by atoms with Gasteiger partial charge in [0.15, 0.2) is 0 Å². The highest BCUT2D eigenvalue weighted by atomic mass is 19.1. The standard InChI is InChI=1S/C24H18F2/c25-23-13-11-20(12-14-23)19-7-5-17(6-8-19)15-24(26)22-10-9-18-3-1-2-4-21(18)16-22/h1-14,16,24H,15H2. The van der Waals surface area contributed by atoms with Crippen LogP contribution in [0.1, 0.15) is 17.3 Å². The first-order valence-electron chi connectivity index (χ1n) is 8.67. The Kier molecular flexibility index (Phi) is 4.49. The first-order chi connectivity index (χ1) is 12.7. The first-order valence-corrected chi connectivity index (χ1v) is 8.67. The Labute approximate surface area is 151 Å². The zero-order chi connectivity index (χ0) is 17.9. The number of fused-ring (bicyclic) bond motifs is 1. The second-order valence-corrected chi connectivity index (χ2v) is 6.48. The van der Waals surface area contributed by atoms with Crippen LogP contribution in [-0.2, 0) is 6.42 Å². The van der Waals surface area contributed by atoms with Crippen LogP contribution in [0.15, 0.2) is 91.0 Å². The molecule has 26 heavy (non-hydrogen) atoms. The Morgan fingerprint density at radius 1 is 0.654 bits per heavy atom. The van der Waals surface area contributed by atoms with Gasteiger partial charge in [0.05, 0.1) is 0 Å². The van der Waals surface area contributed by atoms with Crippen molar-refractivity contribution in [3.8, 4) is 11.1 Å². The molecule has 0 radical (unpaired) electrons. The fourth-order valence-corrected chi connectivity index (χ4v) is 3.20. The largest absolute Gasteiger partial charge is 0.242 e. The molecule has 2 heteroatoms. The van der Waals surface area contributed by atoms with Crippen molar-refractivity contribution >= 4 is 10.8 Å². The second kappa shape index (κ2) is 7.09. The van der Waals surface area contributed by atoms with E-state index < -0.39 is 6.17 Å². The van der Waals surface area contributed by atoms with Crippen LogP contribution in [-0.4, -0.2) is 0 Å². The van der Waals surface area contributed by atoms with Gasteiger partial charge in [-0.2, -0.15) is 0 Å². The minimum atomic E-state index is -1.05. The Bertz CT molecular complexity index is 1020. The molecule has 0 aromatic heterocycles. The molecule has 0 aliphatic heterocycles. The molecule has 0 fully saturated rings. The monoisotopic (exact) mass is 344 g/mol. The maximum Gasteiger partial charge on any atom is 0.129 e. The van der Waals surface area contributed by atoms with Crippen molar-refractivity contribution < 1.29 is 8.78 Å². The maximum atomic E-state index is 14.8. The quantitative estimate of drug-likeness (QED) is 0.378. The molecular formula is C24H18F2. The van der Waals surface area contributed by atoms with Gasteiger partial charge in [0.1, 0.15) is 12.0 Å². The second-order valence-electron chi connectivity index (χ2n) is 6.48. The molecule has 0 spiro atoms. The van der Waals surface area contributed by atoms with E-state index >= 15 is 0 Å². The lowest BCUT2D eigenvalue weighted by Crippen LogP contribution is -1.97. The minimum absolute atomic E-state index is 0.249. The predicted molar refractivity (Wildman–Crippen MR) is 103 cm³/mol. The average Bonchev–Trinajstić information content (AvgIpc) is 2.69. The highest BCUT2D eigenvalue weighted by Gasteiger charge is 2.11. The molecule has 0 nitrogen and oxygen atoms in total. The molecular weight excluding hydrogens is 326 g/mol. The van der Waals surface area contributed by atoms with Gasteiger partial charge in [0.2, 0.25) is 0 Å². The molecule has 0 N–H and O–H groups in total. The summed E-state index contributed by atoms with van der Waals surface area (Å²) in [7, 11) is 0.